The van der Waals surface area contributed by atoms with Crippen molar-refractivity contribution in [1.82, 2.24) is 4.98 Å². The second kappa shape index (κ2) is 4.48. The summed E-state index contributed by atoms with van der Waals surface area (Å²) < 4.78 is 18.5. The zero-order valence-electron chi connectivity index (χ0n) is 9.56. The maximum Gasteiger partial charge on any atom is 0.229 e. The molecule has 19 heavy (non-hydrogen) atoms. The molecular weight excluding hydrogens is 269 g/mol. The lowest BCUT2D eigenvalue weighted by atomic mass is 10.1. The van der Waals surface area contributed by atoms with Gasteiger partial charge in [0.05, 0.1) is 11.2 Å². The van der Waals surface area contributed by atoms with Gasteiger partial charge >= 0.3 is 0 Å². The molecule has 0 amide bonds. The lowest BCUT2D eigenvalue weighted by Gasteiger charge is -1.96. The quantitative estimate of drug-likeness (QED) is 0.667. The molecule has 0 N–H and O–H groups in total. The molecule has 1 aromatic carbocycles. The van der Waals surface area contributed by atoms with Gasteiger partial charge in [0.25, 0.3) is 0 Å². The highest BCUT2D eigenvalue weighted by Crippen LogP contribution is 2.27. The molecule has 0 radical (unpaired) electrons. The van der Waals surface area contributed by atoms with Crippen LogP contribution in [0.3, 0.4) is 0 Å². The monoisotopic (exact) mass is 275 g/mol. The van der Waals surface area contributed by atoms with Gasteiger partial charge in [-0.05, 0) is 18.2 Å². The van der Waals surface area contributed by atoms with Crippen molar-refractivity contribution >= 4 is 28.4 Å². The average molecular weight is 276 g/mol. The smallest absolute Gasteiger partial charge is 0.229 e. The van der Waals surface area contributed by atoms with Crippen LogP contribution < -0.4 is 0 Å². The molecular formula is C14H7ClFNO2. The average Bonchev–Trinajstić information content (AvgIpc) is 2.83. The van der Waals surface area contributed by atoms with Crippen molar-refractivity contribution in [3.8, 4) is 0 Å². The normalized spacial score (nSPS) is 10.8. The molecule has 2 aromatic heterocycles. The molecule has 3 nitrogen and oxygen atoms in total. The molecule has 0 saturated heterocycles. The minimum atomic E-state index is -0.569. The van der Waals surface area contributed by atoms with E-state index in [1.54, 1.807) is 24.3 Å². The Labute approximate surface area is 112 Å². The topological polar surface area (TPSA) is 43.1 Å². The van der Waals surface area contributed by atoms with Crippen molar-refractivity contribution in [1.29, 1.82) is 0 Å². The molecule has 5 heteroatoms. The van der Waals surface area contributed by atoms with E-state index in [2.05, 4.69) is 4.98 Å². The van der Waals surface area contributed by atoms with Gasteiger partial charge in [-0.1, -0.05) is 23.7 Å². The number of ketones is 1. The molecule has 94 valence electrons. The second-order valence-electron chi connectivity index (χ2n) is 3.99. The molecule has 2 heterocycles. The molecule has 0 aliphatic heterocycles. The number of nitrogens with zero attached hydrogens (tertiary/aromatic N) is 1. The van der Waals surface area contributed by atoms with Crippen molar-refractivity contribution in [3.63, 3.8) is 0 Å². The molecule has 0 bridgehead atoms. The minimum absolute atomic E-state index is 0.107. The van der Waals surface area contributed by atoms with Gasteiger partial charge in [-0.2, -0.15) is 0 Å². The Hall–Kier alpha value is -2.20. The lowest BCUT2D eigenvalue weighted by Crippen LogP contribution is -2.00. The third-order valence-electron chi connectivity index (χ3n) is 2.69. The number of benzene rings is 1. The summed E-state index contributed by atoms with van der Waals surface area (Å²) in [7, 11) is 0. The number of carbonyl (C=O) groups excluding carboxylic acids is 1. The maximum atomic E-state index is 13.0. The van der Waals surface area contributed by atoms with Crippen LogP contribution in [0.25, 0.3) is 11.0 Å². The van der Waals surface area contributed by atoms with Gasteiger partial charge in [0.1, 0.15) is 5.82 Å². The molecule has 0 spiro atoms. The Bertz CT molecular complexity index is 782. The predicted octanol–water partition coefficient (Wildman–Crippen LogP) is 3.85. The Balaban J connectivity index is 2.09. The summed E-state index contributed by atoms with van der Waals surface area (Å²) in [4.78, 5) is 15.8. The van der Waals surface area contributed by atoms with Crippen molar-refractivity contribution in [2.75, 3.05) is 0 Å². The van der Waals surface area contributed by atoms with Crippen LogP contribution >= 0.6 is 11.6 Å². The summed E-state index contributed by atoms with van der Waals surface area (Å²) >= 11 is 5.97. The van der Waals surface area contributed by atoms with Gasteiger partial charge in [-0.15, -0.1) is 0 Å². The van der Waals surface area contributed by atoms with Gasteiger partial charge in [-0.3, -0.25) is 9.78 Å². The van der Waals surface area contributed by atoms with Crippen LogP contribution in [-0.4, -0.2) is 10.8 Å². The number of pyridine rings is 1. The highest BCUT2D eigenvalue weighted by atomic mass is 35.5. The number of hydrogen-bond acceptors (Lipinski definition) is 3. The van der Waals surface area contributed by atoms with E-state index in [0.29, 0.717) is 10.6 Å². The van der Waals surface area contributed by atoms with E-state index in [4.69, 9.17) is 16.0 Å². The Morgan fingerprint density at radius 2 is 2.11 bits per heavy atom. The third-order valence-corrected chi connectivity index (χ3v) is 2.98. The Kier molecular flexibility index (Phi) is 2.80. The summed E-state index contributed by atoms with van der Waals surface area (Å²) in [5.74, 6) is -0.894. The predicted molar refractivity (Wildman–Crippen MR) is 68.9 cm³/mol. The van der Waals surface area contributed by atoms with E-state index in [-0.39, 0.29) is 11.3 Å². The SMILES string of the molecule is O=C(c1cncc(F)c1)c1cc2cccc(Cl)c2o1. The standard InChI is InChI=1S/C14H7ClFNO2/c15-11-3-1-2-8-5-12(19-14(8)11)13(18)9-4-10(16)7-17-6-9/h1-7H. The number of halogens is 2. The number of rotatable bonds is 2. The number of carbonyl (C=O) groups is 1. The fraction of sp³-hybridized carbons (Fsp3) is 0. The van der Waals surface area contributed by atoms with Gasteiger partial charge in [0, 0.05) is 17.1 Å². The van der Waals surface area contributed by atoms with Crippen LogP contribution in [0.5, 0.6) is 0 Å². The van der Waals surface area contributed by atoms with Crippen molar-refractivity contribution in [2.24, 2.45) is 0 Å². The first-order chi connectivity index (χ1) is 9.15. The Morgan fingerprint density at radius 1 is 1.26 bits per heavy atom. The molecule has 0 aliphatic carbocycles. The minimum Gasteiger partial charge on any atom is -0.451 e. The zero-order valence-corrected chi connectivity index (χ0v) is 10.3. The lowest BCUT2D eigenvalue weighted by molar-refractivity contribution is 0.101. The first-order valence-corrected chi connectivity index (χ1v) is 5.86. The van der Waals surface area contributed by atoms with Crippen LogP contribution in [0.2, 0.25) is 5.02 Å². The fourth-order valence-electron chi connectivity index (χ4n) is 1.82. The van der Waals surface area contributed by atoms with Crippen molar-refractivity contribution in [2.45, 2.75) is 0 Å². The first-order valence-electron chi connectivity index (χ1n) is 5.48. The van der Waals surface area contributed by atoms with Crippen LogP contribution in [0.1, 0.15) is 16.1 Å². The Morgan fingerprint density at radius 3 is 2.84 bits per heavy atom. The fourth-order valence-corrected chi connectivity index (χ4v) is 2.04. The van der Waals surface area contributed by atoms with Crippen molar-refractivity contribution < 1.29 is 13.6 Å². The van der Waals surface area contributed by atoms with E-state index in [9.17, 15) is 9.18 Å². The van der Waals surface area contributed by atoms with Crippen LogP contribution in [0.15, 0.2) is 47.1 Å². The summed E-state index contributed by atoms with van der Waals surface area (Å²) in [5.41, 5.74) is 0.576. The number of para-hydroxylation sites is 1. The number of fused-ring (bicyclic) bond motifs is 1. The summed E-state index contributed by atoms with van der Waals surface area (Å²) in [6.07, 6.45) is 2.33. The number of hydrogen-bond donors (Lipinski definition) is 0. The van der Waals surface area contributed by atoms with E-state index < -0.39 is 11.6 Å². The molecule has 3 rings (SSSR count). The van der Waals surface area contributed by atoms with E-state index in [0.717, 1.165) is 17.6 Å². The van der Waals surface area contributed by atoms with Crippen molar-refractivity contribution in [3.05, 3.63) is 64.9 Å². The van der Waals surface area contributed by atoms with Gasteiger partial charge in [0.2, 0.25) is 5.78 Å². The highest BCUT2D eigenvalue weighted by molar-refractivity contribution is 6.35. The number of aromatic nitrogens is 1. The van der Waals surface area contributed by atoms with Gasteiger partial charge < -0.3 is 4.42 Å². The third kappa shape index (κ3) is 2.11. The van der Waals surface area contributed by atoms with E-state index >= 15 is 0 Å². The molecule has 3 aromatic rings. The molecule has 0 atom stereocenters. The van der Waals surface area contributed by atoms with E-state index in [1.165, 1.54) is 6.20 Å². The van der Waals surface area contributed by atoms with Gasteiger partial charge in [0.15, 0.2) is 11.3 Å². The summed E-state index contributed by atoms with van der Waals surface area (Å²) in [5, 5.41) is 1.15. The summed E-state index contributed by atoms with van der Waals surface area (Å²) in [6.45, 7) is 0. The molecule has 0 fully saturated rings. The van der Waals surface area contributed by atoms with Gasteiger partial charge in [-0.25, -0.2) is 4.39 Å². The highest BCUT2D eigenvalue weighted by Gasteiger charge is 2.16. The zero-order chi connectivity index (χ0) is 13.4. The van der Waals surface area contributed by atoms with Crippen LogP contribution in [0.4, 0.5) is 4.39 Å². The van der Waals surface area contributed by atoms with Crippen LogP contribution in [0, 0.1) is 5.82 Å². The molecule has 0 saturated carbocycles. The summed E-state index contributed by atoms with van der Waals surface area (Å²) in [6, 6.07) is 7.91. The number of furan rings is 1. The first kappa shape index (κ1) is 11.9. The van der Waals surface area contributed by atoms with Crippen LogP contribution in [-0.2, 0) is 0 Å². The second-order valence-corrected chi connectivity index (χ2v) is 4.40. The molecule has 0 unspecified atom stereocenters. The largest absolute Gasteiger partial charge is 0.451 e. The molecule has 0 aliphatic rings. The van der Waals surface area contributed by atoms with E-state index in [1.807, 2.05) is 0 Å². The maximum absolute atomic E-state index is 13.0.